The van der Waals surface area contributed by atoms with Gasteiger partial charge >= 0.3 is 0 Å². The van der Waals surface area contributed by atoms with Crippen LogP contribution >= 0.6 is 28.6 Å². The van der Waals surface area contributed by atoms with Crippen molar-refractivity contribution in [2.75, 3.05) is 18.2 Å². The average molecular weight is 276 g/mol. The van der Waals surface area contributed by atoms with E-state index in [1.54, 1.807) is 19.2 Å². The standard InChI is InChI=1S/C9H10BrNO2S/c1-13-6-2-3-7(10)8(4-6)11-9(12)5-14/h2-4,14H,5H2,1H3,(H,11,12). The van der Waals surface area contributed by atoms with Crippen molar-refractivity contribution in [3.8, 4) is 5.75 Å². The summed E-state index contributed by atoms with van der Waals surface area (Å²) in [7, 11) is 1.58. The van der Waals surface area contributed by atoms with Gasteiger partial charge in [0.15, 0.2) is 0 Å². The Morgan fingerprint density at radius 2 is 2.36 bits per heavy atom. The van der Waals surface area contributed by atoms with Crippen LogP contribution in [-0.4, -0.2) is 18.8 Å². The summed E-state index contributed by atoms with van der Waals surface area (Å²) in [6.45, 7) is 0. The summed E-state index contributed by atoms with van der Waals surface area (Å²) >= 11 is 7.19. The van der Waals surface area contributed by atoms with Gasteiger partial charge in [0.2, 0.25) is 5.91 Å². The van der Waals surface area contributed by atoms with E-state index in [0.29, 0.717) is 11.4 Å². The molecule has 0 fully saturated rings. The van der Waals surface area contributed by atoms with Gasteiger partial charge in [-0.3, -0.25) is 4.79 Å². The molecule has 1 aromatic carbocycles. The van der Waals surface area contributed by atoms with Crippen molar-refractivity contribution in [3.63, 3.8) is 0 Å². The molecule has 1 rings (SSSR count). The molecule has 0 saturated heterocycles. The van der Waals surface area contributed by atoms with Crippen molar-refractivity contribution in [2.24, 2.45) is 0 Å². The third-order valence-electron chi connectivity index (χ3n) is 1.59. The zero-order chi connectivity index (χ0) is 10.6. The van der Waals surface area contributed by atoms with Crippen LogP contribution in [0, 0.1) is 0 Å². The number of nitrogens with one attached hydrogen (secondary N) is 1. The number of thiol groups is 1. The number of rotatable bonds is 3. The first-order chi connectivity index (χ1) is 6.67. The van der Waals surface area contributed by atoms with Gasteiger partial charge in [0, 0.05) is 10.5 Å². The molecule has 0 aromatic heterocycles. The minimum atomic E-state index is -0.151. The van der Waals surface area contributed by atoms with Gasteiger partial charge < -0.3 is 10.1 Å². The highest BCUT2D eigenvalue weighted by molar-refractivity contribution is 9.10. The van der Waals surface area contributed by atoms with Crippen molar-refractivity contribution in [2.45, 2.75) is 0 Å². The Balaban J connectivity index is 2.89. The fourth-order valence-electron chi connectivity index (χ4n) is 0.917. The summed E-state index contributed by atoms with van der Waals surface area (Å²) in [4.78, 5) is 11.1. The van der Waals surface area contributed by atoms with E-state index in [4.69, 9.17) is 4.74 Å². The third kappa shape index (κ3) is 2.92. The van der Waals surface area contributed by atoms with Gasteiger partial charge in [-0.2, -0.15) is 12.6 Å². The van der Waals surface area contributed by atoms with Crippen LogP contribution in [0.3, 0.4) is 0 Å². The first-order valence-electron chi connectivity index (χ1n) is 3.91. The molecule has 0 saturated carbocycles. The third-order valence-corrected chi connectivity index (χ3v) is 2.57. The number of ether oxygens (including phenoxy) is 1. The van der Waals surface area contributed by atoms with E-state index in [1.807, 2.05) is 6.07 Å². The number of carbonyl (C=O) groups excluding carboxylic acids is 1. The van der Waals surface area contributed by atoms with Crippen LogP contribution in [0.1, 0.15) is 0 Å². The summed E-state index contributed by atoms with van der Waals surface area (Å²) in [5.74, 6) is 0.703. The van der Waals surface area contributed by atoms with Crippen LogP contribution in [0.15, 0.2) is 22.7 Å². The molecule has 0 aliphatic rings. The lowest BCUT2D eigenvalue weighted by atomic mass is 10.3. The average Bonchev–Trinajstić information content (AvgIpc) is 2.21. The van der Waals surface area contributed by atoms with Crippen LogP contribution in [0.5, 0.6) is 5.75 Å². The molecule has 1 aromatic rings. The number of hydrogen-bond donors (Lipinski definition) is 2. The second kappa shape index (κ2) is 5.26. The van der Waals surface area contributed by atoms with E-state index in [2.05, 4.69) is 33.9 Å². The van der Waals surface area contributed by atoms with E-state index < -0.39 is 0 Å². The summed E-state index contributed by atoms with van der Waals surface area (Å²) < 4.78 is 5.85. The second-order valence-corrected chi connectivity index (χ2v) is 3.72. The number of amides is 1. The Morgan fingerprint density at radius 3 is 2.93 bits per heavy atom. The molecule has 0 aliphatic carbocycles. The summed E-state index contributed by atoms with van der Waals surface area (Å²) in [5.41, 5.74) is 0.684. The molecule has 0 unspecified atom stereocenters. The van der Waals surface area contributed by atoms with Gasteiger partial charge in [-0.25, -0.2) is 0 Å². The van der Waals surface area contributed by atoms with Crippen LogP contribution < -0.4 is 10.1 Å². The largest absolute Gasteiger partial charge is 0.497 e. The Bertz CT molecular complexity index is 344. The van der Waals surface area contributed by atoms with E-state index >= 15 is 0 Å². The quantitative estimate of drug-likeness (QED) is 0.831. The molecular formula is C9H10BrNO2S. The van der Waals surface area contributed by atoms with E-state index in [-0.39, 0.29) is 11.7 Å². The molecule has 1 N–H and O–H groups in total. The monoisotopic (exact) mass is 275 g/mol. The maximum Gasteiger partial charge on any atom is 0.234 e. The fraction of sp³-hybridized carbons (Fsp3) is 0.222. The molecule has 0 spiro atoms. The smallest absolute Gasteiger partial charge is 0.234 e. The van der Waals surface area contributed by atoms with Crippen LogP contribution in [-0.2, 0) is 4.79 Å². The minimum absolute atomic E-state index is 0.151. The fourth-order valence-corrected chi connectivity index (χ4v) is 1.34. The van der Waals surface area contributed by atoms with E-state index in [9.17, 15) is 4.79 Å². The number of hydrogen-bond acceptors (Lipinski definition) is 3. The maximum absolute atomic E-state index is 11.1. The van der Waals surface area contributed by atoms with Crippen LogP contribution in [0.4, 0.5) is 5.69 Å². The molecule has 1 amide bonds. The zero-order valence-electron chi connectivity index (χ0n) is 7.58. The summed E-state index contributed by atoms with van der Waals surface area (Å²) in [5, 5.41) is 2.69. The lowest BCUT2D eigenvalue weighted by Crippen LogP contribution is -2.12. The number of anilines is 1. The second-order valence-electron chi connectivity index (χ2n) is 2.55. The van der Waals surface area contributed by atoms with Crippen LogP contribution in [0.2, 0.25) is 0 Å². The lowest BCUT2D eigenvalue weighted by Gasteiger charge is -2.07. The molecule has 0 heterocycles. The molecule has 0 bridgehead atoms. The Kier molecular flexibility index (Phi) is 4.28. The molecule has 14 heavy (non-hydrogen) atoms. The first-order valence-corrected chi connectivity index (χ1v) is 5.34. The van der Waals surface area contributed by atoms with E-state index in [1.165, 1.54) is 0 Å². The SMILES string of the molecule is COc1ccc(Br)c(NC(=O)CS)c1. The van der Waals surface area contributed by atoms with Gasteiger partial charge in [-0.05, 0) is 28.1 Å². The number of carbonyl (C=O) groups is 1. The molecule has 5 heteroatoms. The Labute approximate surface area is 96.4 Å². The first kappa shape index (κ1) is 11.4. The van der Waals surface area contributed by atoms with E-state index in [0.717, 1.165) is 4.47 Å². The highest BCUT2D eigenvalue weighted by Crippen LogP contribution is 2.26. The van der Waals surface area contributed by atoms with Crippen molar-refractivity contribution >= 4 is 40.2 Å². The number of halogens is 1. The maximum atomic E-state index is 11.1. The molecular weight excluding hydrogens is 266 g/mol. The van der Waals surface area contributed by atoms with Crippen molar-refractivity contribution < 1.29 is 9.53 Å². The van der Waals surface area contributed by atoms with Gasteiger partial charge in [-0.1, -0.05) is 0 Å². The molecule has 0 aliphatic heterocycles. The number of methoxy groups -OCH3 is 1. The Hall–Kier alpha value is -0.680. The molecule has 0 radical (unpaired) electrons. The van der Waals surface area contributed by atoms with Crippen LogP contribution in [0.25, 0.3) is 0 Å². The normalized spacial score (nSPS) is 9.64. The van der Waals surface area contributed by atoms with Gasteiger partial charge in [0.05, 0.1) is 18.6 Å². The summed E-state index contributed by atoms with van der Waals surface area (Å²) in [6, 6.07) is 5.36. The summed E-state index contributed by atoms with van der Waals surface area (Å²) in [6.07, 6.45) is 0. The van der Waals surface area contributed by atoms with Gasteiger partial charge in [0.1, 0.15) is 5.75 Å². The van der Waals surface area contributed by atoms with Crippen molar-refractivity contribution in [1.29, 1.82) is 0 Å². The predicted molar refractivity (Wildman–Crippen MR) is 63.2 cm³/mol. The highest BCUT2D eigenvalue weighted by Gasteiger charge is 2.04. The minimum Gasteiger partial charge on any atom is -0.497 e. The zero-order valence-corrected chi connectivity index (χ0v) is 10.1. The molecule has 0 atom stereocenters. The molecule has 3 nitrogen and oxygen atoms in total. The van der Waals surface area contributed by atoms with Crippen molar-refractivity contribution in [1.82, 2.24) is 0 Å². The van der Waals surface area contributed by atoms with Gasteiger partial charge in [0.25, 0.3) is 0 Å². The predicted octanol–water partition coefficient (Wildman–Crippen LogP) is 2.33. The highest BCUT2D eigenvalue weighted by atomic mass is 79.9. The Morgan fingerprint density at radius 1 is 1.64 bits per heavy atom. The van der Waals surface area contributed by atoms with Gasteiger partial charge in [-0.15, -0.1) is 0 Å². The van der Waals surface area contributed by atoms with Crippen molar-refractivity contribution in [3.05, 3.63) is 22.7 Å². The molecule has 76 valence electrons. The lowest BCUT2D eigenvalue weighted by molar-refractivity contribution is -0.113. The topological polar surface area (TPSA) is 38.3 Å². The number of benzene rings is 1.